The lowest BCUT2D eigenvalue weighted by Crippen LogP contribution is -2.11. The number of hydrogen-bond donors (Lipinski definition) is 3. The molecule has 0 spiro atoms. The number of nitrogens with zero attached hydrogens (tertiary/aromatic N) is 2. The molecule has 34 heavy (non-hydrogen) atoms. The van der Waals surface area contributed by atoms with Gasteiger partial charge in [-0.25, -0.2) is 27.0 Å². The predicted molar refractivity (Wildman–Crippen MR) is 130 cm³/mol. The van der Waals surface area contributed by atoms with Crippen LogP contribution >= 0.6 is 0 Å². The Balaban J connectivity index is 2.01. The second-order valence-electron chi connectivity index (χ2n) is 7.51. The van der Waals surface area contributed by atoms with Crippen molar-refractivity contribution >= 4 is 21.4 Å². The van der Waals surface area contributed by atoms with E-state index in [0.29, 0.717) is 22.5 Å². The van der Waals surface area contributed by atoms with Gasteiger partial charge in [0, 0.05) is 36.6 Å². The van der Waals surface area contributed by atoms with Gasteiger partial charge in [-0.15, -0.1) is 0 Å². The number of nitrogens with one attached hydrogen (secondary N) is 2. The first-order valence-electron chi connectivity index (χ1n) is 10.3. The zero-order valence-electron chi connectivity index (χ0n) is 18.5. The van der Waals surface area contributed by atoms with Crippen LogP contribution in [0, 0.1) is 0 Å². The molecule has 0 unspecified atom stereocenters. The van der Waals surface area contributed by atoms with Crippen molar-refractivity contribution < 1.29 is 17.2 Å². The summed E-state index contributed by atoms with van der Waals surface area (Å²) in [6.07, 6.45) is -2.83. The second-order valence-corrected chi connectivity index (χ2v) is 9.08. The fraction of sp³-hybridized carbons (Fsp3) is 0.125. The predicted octanol–water partition coefficient (Wildman–Crippen LogP) is 4.87. The third kappa shape index (κ3) is 4.50. The summed E-state index contributed by atoms with van der Waals surface area (Å²) in [5.41, 5.74) is 3.62. The van der Waals surface area contributed by atoms with Crippen molar-refractivity contribution in [2.45, 2.75) is 11.3 Å². The fourth-order valence-electron chi connectivity index (χ4n) is 3.70. The summed E-state index contributed by atoms with van der Waals surface area (Å²) in [7, 11) is -0.357. The number of hydrogen-bond acceptors (Lipinski definition) is 5. The topological polar surface area (TPSA) is 102 Å². The number of nitrogens with two attached hydrogens (primary N) is 1. The molecule has 0 atom stereocenters. The zero-order chi connectivity index (χ0) is 24.5. The van der Waals surface area contributed by atoms with Gasteiger partial charge in [-0.3, -0.25) is 0 Å². The number of benzene rings is 3. The van der Waals surface area contributed by atoms with E-state index in [1.54, 1.807) is 50.5 Å². The molecule has 10 heteroatoms. The first-order chi connectivity index (χ1) is 16.2. The lowest BCUT2D eigenvalue weighted by atomic mass is 9.98. The van der Waals surface area contributed by atoms with Crippen LogP contribution in [0.5, 0.6) is 0 Å². The van der Waals surface area contributed by atoms with E-state index < -0.39 is 16.4 Å². The first-order valence-corrected chi connectivity index (χ1v) is 11.9. The Morgan fingerprint density at radius 3 is 1.79 bits per heavy atom. The van der Waals surface area contributed by atoms with Gasteiger partial charge < -0.3 is 10.6 Å². The Morgan fingerprint density at radius 2 is 1.32 bits per heavy atom. The van der Waals surface area contributed by atoms with E-state index in [4.69, 9.17) is 5.14 Å². The lowest BCUT2D eigenvalue weighted by molar-refractivity contribution is 0.146. The summed E-state index contributed by atoms with van der Waals surface area (Å²) >= 11 is 0. The Kier molecular flexibility index (Phi) is 6.36. The van der Waals surface area contributed by atoms with Gasteiger partial charge in [-0.05, 0) is 54.1 Å². The SMILES string of the molecule is CNc1ccc(-c2c(C(F)F)nn(-c3ccc(NC)cc3)c2-c2ccc(S(N)(=O)=O)cc2)cc1. The maximum absolute atomic E-state index is 14.2. The van der Waals surface area contributed by atoms with E-state index in [-0.39, 0.29) is 16.2 Å². The minimum atomic E-state index is -3.91. The number of primary sulfonamides is 1. The summed E-state index contributed by atoms with van der Waals surface area (Å²) in [4.78, 5) is -0.0744. The number of rotatable bonds is 7. The van der Waals surface area contributed by atoms with Crippen molar-refractivity contribution in [3.8, 4) is 28.1 Å². The molecule has 0 aliphatic carbocycles. The minimum Gasteiger partial charge on any atom is -0.388 e. The highest BCUT2D eigenvalue weighted by molar-refractivity contribution is 7.89. The third-order valence-electron chi connectivity index (χ3n) is 5.44. The average molecular weight is 484 g/mol. The second kappa shape index (κ2) is 9.24. The number of alkyl halides is 2. The van der Waals surface area contributed by atoms with Crippen LogP contribution in [0.1, 0.15) is 12.1 Å². The number of aromatic nitrogens is 2. The molecule has 1 heterocycles. The quantitative estimate of drug-likeness (QED) is 0.348. The molecule has 0 saturated heterocycles. The van der Waals surface area contributed by atoms with E-state index in [9.17, 15) is 17.2 Å². The van der Waals surface area contributed by atoms with E-state index in [2.05, 4.69) is 15.7 Å². The van der Waals surface area contributed by atoms with Crippen molar-refractivity contribution in [3.05, 3.63) is 78.5 Å². The molecule has 176 valence electrons. The Labute approximate surface area is 196 Å². The van der Waals surface area contributed by atoms with Gasteiger partial charge in [0.05, 0.1) is 16.3 Å². The molecule has 0 fully saturated rings. The summed E-state index contributed by atoms with van der Waals surface area (Å²) in [6.45, 7) is 0. The van der Waals surface area contributed by atoms with E-state index >= 15 is 0 Å². The van der Waals surface area contributed by atoms with Gasteiger partial charge in [-0.1, -0.05) is 24.3 Å². The normalized spacial score (nSPS) is 11.6. The largest absolute Gasteiger partial charge is 0.388 e. The maximum Gasteiger partial charge on any atom is 0.282 e. The fourth-order valence-corrected chi connectivity index (χ4v) is 4.22. The summed E-state index contributed by atoms with van der Waals surface area (Å²) in [6, 6.07) is 20.0. The molecule has 0 saturated carbocycles. The molecule has 0 radical (unpaired) electrons. The summed E-state index contributed by atoms with van der Waals surface area (Å²) in [5, 5.41) is 15.5. The van der Waals surface area contributed by atoms with Crippen LogP contribution in [0.4, 0.5) is 20.2 Å². The molecule has 4 N–H and O–H groups in total. The van der Waals surface area contributed by atoms with E-state index in [1.807, 2.05) is 12.1 Å². The highest BCUT2D eigenvalue weighted by Crippen LogP contribution is 2.41. The van der Waals surface area contributed by atoms with Crippen LogP contribution < -0.4 is 15.8 Å². The molecule has 1 aromatic heterocycles. The number of sulfonamides is 1. The highest BCUT2D eigenvalue weighted by Gasteiger charge is 2.27. The van der Waals surface area contributed by atoms with Crippen LogP contribution in [-0.2, 0) is 10.0 Å². The number of anilines is 2. The van der Waals surface area contributed by atoms with Crippen molar-refractivity contribution in [2.75, 3.05) is 24.7 Å². The summed E-state index contributed by atoms with van der Waals surface area (Å²) < 4.78 is 53.4. The molecular weight excluding hydrogens is 460 g/mol. The molecular formula is C24H23F2N5O2S. The number of halogens is 2. The lowest BCUT2D eigenvalue weighted by Gasteiger charge is -2.12. The average Bonchev–Trinajstić information content (AvgIpc) is 3.24. The third-order valence-corrected chi connectivity index (χ3v) is 6.37. The van der Waals surface area contributed by atoms with Gasteiger partial charge in [-0.2, -0.15) is 5.10 Å². The van der Waals surface area contributed by atoms with Gasteiger partial charge in [0.25, 0.3) is 6.43 Å². The van der Waals surface area contributed by atoms with Crippen LogP contribution in [-0.4, -0.2) is 32.3 Å². The van der Waals surface area contributed by atoms with Crippen LogP contribution in [0.2, 0.25) is 0 Å². The van der Waals surface area contributed by atoms with Crippen LogP contribution in [0.25, 0.3) is 28.1 Å². The molecule has 0 amide bonds. The standard InChI is InChI=1S/C24H23F2N5O2S/c1-28-17-7-3-15(4-8-17)21-22(24(25)26)30-31(19-11-9-18(29-2)10-12-19)23(21)16-5-13-20(14-6-16)34(27,32)33/h3-14,24,28-29H,1-2H3,(H2,27,32,33). The minimum absolute atomic E-state index is 0.0744. The Hall–Kier alpha value is -3.76. The monoisotopic (exact) mass is 483 g/mol. The van der Waals surface area contributed by atoms with Gasteiger partial charge >= 0.3 is 0 Å². The van der Waals surface area contributed by atoms with Crippen LogP contribution in [0.3, 0.4) is 0 Å². The summed E-state index contributed by atoms with van der Waals surface area (Å²) in [5.74, 6) is 0. The Morgan fingerprint density at radius 1 is 0.824 bits per heavy atom. The van der Waals surface area contributed by atoms with Gasteiger partial charge in [0.15, 0.2) is 0 Å². The smallest absolute Gasteiger partial charge is 0.282 e. The highest BCUT2D eigenvalue weighted by atomic mass is 32.2. The molecule has 0 aliphatic heterocycles. The van der Waals surface area contributed by atoms with Crippen LogP contribution in [0.15, 0.2) is 77.7 Å². The molecule has 4 aromatic rings. The van der Waals surface area contributed by atoms with Crippen molar-refractivity contribution in [3.63, 3.8) is 0 Å². The van der Waals surface area contributed by atoms with Crippen molar-refractivity contribution in [1.82, 2.24) is 9.78 Å². The molecule has 3 aromatic carbocycles. The molecule has 0 aliphatic rings. The van der Waals surface area contributed by atoms with Gasteiger partial charge in [0.1, 0.15) is 5.69 Å². The van der Waals surface area contributed by atoms with Gasteiger partial charge in [0.2, 0.25) is 10.0 Å². The Bertz CT molecular complexity index is 1400. The van der Waals surface area contributed by atoms with Crippen molar-refractivity contribution in [1.29, 1.82) is 0 Å². The molecule has 0 bridgehead atoms. The first kappa shape index (κ1) is 23.4. The van der Waals surface area contributed by atoms with E-state index in [0.717, 1.165) is 11.4 Å². The zero-order valence-corrected chi connectivity index (χ0v) is 19.3. The van der Waals surface area contributed by atoms with Crippen molar-refractivity contribution in [2.24, 2.45) is 5.14 Å². The maximum atomic E-state index is 14.2. The molecule has 4 rings (SSSR count). The van der Waals surface area contributed by atoms with E-state index in [1.165, 1.54) is 28.9 Å². The molecule has 7 nitrogen and oxygen atoms in total.